The van der Waals surface area contributed by atoms with E-state index in [1.807, 2.05) is 49.4 Å². The summed E-state index contributed by atoms with van der Waals surface area (Å²) in [6, 6.07) is 13.6. The van der Waals surface area contributed by atoms with Crippen LogP contribution < -0.4 is 0 Å². The summed E-state index contributed by atoms with van der Waals surface area (Å²) in [4.78, 5) is 27.3. The quantitative estimate of drug-likeness (QED) is 0.629. The largest absolute Gasteiger partial charge is 0.461 e. The molecule has 1 saturated heterocycles. The molecule has 1 fully saturated rings. The Morgan fingerprint density at radius 3 is 2.80 bits per heavy atom. The molecule has 0 aliphatic carbocycles. The van der Waals surface area contributed by atoms with Crippen LogP contribution in [0.1, 0.15) is 30.1 Å². The highest BCUT2D eigenvalue weighted by atomic mass is 16.5. The molecular weight excluding hydrogens is 314 g/mol. The van der Waals surface area contributed by atoms with E-state index < -0.39 is 5.41 Å². The van der Waals surface area contributed by atoms with Gasteiger partial charge in [-0.1, -0.05) is 49.1 Å². The Labute approximate surface area is 148 Å². The second-order valence-corrected chi connectivity index (χ2v) is 6.80. The maximum absolute atomic E-state index is 13.1. The minimum Gasteiger partial charge on any atom is -0.461 e. The van der Waals surface area contributed by atoms with Crippen LogP contribution in [-0.2, 0) is 9.53 Å². The zero-order chi connectivity index (χ0) is 17.9. The maximum Gasteiger partial charge on any atom is 0.313 e. The zero-order valence-corrected chi connectivity index (χ0v) is 14.5. The van der Waals surface area contributed by atoms with Crippen LogP contribution in [0, 0.1) is 5.41 Å². The molecule has 130 valence electrons. The van der Waals surface area contributed by atoms with Crippen molar-refractivity contribution in [1.29, 1.82) is 0 Å². The average molecular weight is 337 g/mol. The van der Waals surface area contributed by atoms with Crippen molar-refractivity contribution in [2.75, 3.05) is 19.7 Å². The van der Waals surface area contributed by atoms with Gasteiger partial charge in [0.25, 0.3) is 5.91 Å². The molecule has 4 heteroatoms. The van der Waals surface area contributed by atoms with Gasteiger partial charge < -0.3 is 9.64 Å². The number of amides is 1. The van der Waals surface area contributed by atoms with Crippen molar-refractivity contribution < 1.29 is 14.3 Å². The molecule has 0 unspecified atom stereocenters. The molecule has 0 saturated carbocycles. The number of hydrogen-bond acceptors (Lipinski definition) is 3. The van der Waals surface area contributed by atoms with Crippen molar-refractivity contribution in [3.8, 4) is 0 Å². The normalized spacial score (nSPS) is 20.3. The van der Waals surface area contributed by atoms with Crippen LogP contribution in [0.4, 0.5) is 0 Å². The van der Waals surface area contributed by atoms with Gasteiger partial charge in [0.1, 0.15) is 6.61 Å². The summed E-state index contributed by atoms with van der Waals surface area (Å²) in [6.07, 6.45) is 3.07. The van der Waals surface area contributed by atoms with E-state index in [4.69, 9.17) is 4.74 Å². The number of esters is 1. The number of benzene rings is 2. The first kappa shape index (κ1) is 17.2. The molecule has 2 aromatic carbocycles. The Hall–Kier alpha value is -2.62. The van der Waals surface area contributed by atoms with E-state index in [-0.39, 0.29) is 18.5 Å². The van der Waals surface area contributed by atoms with Gasteiger partial charge in [-0.05, 0) is 36.6 Å². The summed E-state index contributed by atoms with van der Waals surface area (Å²) >= 11 is 0. The van der Waals surface area contributed by atoms with E-state index in [1.54, 1.807) is 11.0 Å². The van der Waals surface area contributed by atoms with Gasteiger partial charge in [-0.25, -0.2) is 0 Å². The van der Waals surface area contributed by atoms with Gasteiger partial charge in [-0.2, -0.15) is 0 Å². The standard InChI is InChI=1S/C21H23NO3/c1-3-14-25-20(24)21(2)12-7-13-22(15-21)19(23)18-11-6-9-16-8-4-5-10-17(16)18/h3-6,8-11H,1,7,12-15H2,2H3/t21-/m0/s1. The highest BCUT2D eigenvalue weighted by molar-refractivity contribution is 6.07. The molecule has 1 amide bonds. The lowest BCUT2D eigenvalue weighted by molar-refractivity contribution is -0.156. The molecule has 0 spiro atoms. The Morgan fingerprint density at radius 1 is 1.24 bits per heavy atom. The predicted octanol–water partition coefficient (Wildman–Crippen LogP) is 3.81. The van der Waals surface area contributed by atoms with Crippen molar-refractivity contribution in [3.63, 3.8) is 0 Å². The molecule has 25 heavy (non-hydrogen) atoms. The van der Waals surface area contributed by atoms with Crippen molar-refractivity contribution in [2.24, 2.45) is 5.41 Å². The molecule has 1 aliphatic rings. The van der Waals surface area contributed by atoms with Crippen LogP contribution in [0.3, 0.4) is 0 Å². The molecule has 1 heterocycles. The lowest BCUT2D eigenvalue weighted by Crippen LogP contribution is -2.49. The van der Waals surface area contributed by atoms with Gasteiger partial charge in [-0.3, -0.25) is 9.59 Å². The number of hydrogen-bond donors (Lipinski definition) is 0. The van der Waals surface area contributed by atoms with E-state index in [0.717, 1.165) is 23.6 Å². The van der Waals surface area contributed by atoms with Crippen LogP contribution in [0.15, 0.2) is 55.1 Å². The zero-order valence-electron chi connectivity index (χ0n) is 14.5. The van der Waals surface area contributed by atoms with Crippen LogP contribution in [0.2, 0.25) is 0 Å². The fourth-order valence-electron chi connectivity index (χ4n) is 3.47. The van der Waals surface area contributed by atoms with Gasteiger partial charge >= 0.3 is 5.97 Å². The Balaban J connectivity index is 1.84. The van der Waals surface area contributed by atoms with Gasteiger partial charge in [0.15, 0.2) is 0 Å². The third-order valence-corrected chi connectivity index (χ3v) is 4.83. The summed E-state index contributed by atoms with van der Waals surface area (Å²) < 4.78 is 5.24. The van der Waals surface area contributed by atoms with E-state index in [1.165, 1.54) is 0 Å². The fourth-order valence-corrected chi connectivity index (χ4v) is 3.47. The highest BCUT2D eigenvalue weighted by Crippen LogP contribution is 2.32. The minimum atomic E-state index is -0.665. The fraction of sp³-hybridized carbons (Fsp3) is 0.333. The summed E-state index contributed by atoms with van der Waals surface area (Å²) in [6.45, 7) is 6.69. The Morgan fingerprint density at radius 2 is 2.00 bits per heavy atom. The predicted molar refractivity (Wildman–Crippen MR) is 98.3 cm³/mol. The van der Waals surface area contributed by atoms with Gasteiger partial charge in [-0.15, -0.1) is 0 Å². The topological polar surface area (TPSA) is 46.6 Å². The van der Waals surface area contributed by atoms with Crippen molar-refractivity contribution in [2.45, 2.75) is 19.8 Å². The molecule has 1 aliphatic heterocycles. The van der Waals surface area contributed by atoms with Crippen LogP contribution >= 0.6 is 0 Å². The lowest BCUT2D eigenvalue weighted by Gasteiger charge is -2.38. The number of likely N-dealkylation sites (tertiary alicyclic amines) is 1. The lowest BCUT2D eigenvalue weighted by atomic mass is 9.81. The summed E-state index contributed by atoms with van der Waals surface area (Å²) in [5.74, 6) is -0.290. The summed E-state index contributed by atoms with van der Waals surface area (Å²) in [5.41, 5.74) is 0.0171. The molecule has 0 bridgehead atoms. The van der Waals surface area contributed by atoms with Gasteiger partial charge in [0, 0.05) is 18.7 Å². The number of fused-ring (bicyclic) bond motifs is 1. The molecule has 3 rings (SSSR count). The maximum atomic E-state index is 13.1. The van der Waals surface area contributed by atoms with Crippen LogP contribution in [0.25, 0.3) is 10.8 Å². The first-order valence-corrected chi connectivity index (χ1v) is 8.60. The smallest absolute Gasteiger partial charge is 0.313 e. The number of nitrogens with zero attached hydrogens (tertiary/aromatic N) is 1. The second-order valence-electron chi connectivity index (χ2n) is 6.80. The number of ether oxygens (including phenoxy) is 1. The van der Waals surface area contributed by atoms with E-state index in [2.05, 4.69) is 6.58 Å². The number of rotatable bonds is 4. The molecule has 1 atom stereocenters. The molecular formula is C21H23NO3. The minimum absolute atomic E-state index is 0.0285. The third-order valence-electron chi connectivity index (χ3n) is 4.83. The van der Waals surface area contributed by atoms with Gasteiger partial charge in [0.2, 0.25) is 0 Å². The number of carbonyl (C=O) groups excluding carboxylic acids is 2. The molecule has 0 aromatic heterocycles. The first-order chi connectivity index (χ1) is 12.0. The monoisotopic (exact) mass is 337 g/mol. The molecule has 0 N–H and O–H groups in total. The van der Waals surface area contributed by atoms with Crippen molar-refractivity contribution >= 4 is 22.6 Å². The number of carbonyl (C=O) groups is 2. The molecule has 4 nitrogen and oxygen atoms in total. The molecule has 0 radical (unpaired) electrons. The van der Waals surface area contributed by atoms with E-state index >= 15 is 0 Å². The summed E-state index contributed by atoms with van der Waals surface area (Å²) in [7, 11) is 0. The van der Waals surface area contributed by atoms with Crippen molar-refractivity contribution in [3.05, 3.63) is 60.7 Å². The average Bonchev–Trinajstić information content (AvgIpc) is 2.65. The van der Waals surface area contributed by atoms with Gasteiger partial charge in [0.05, 0.1) is 5.41 Å². The SMILES string of the molecule is C=CCOC(=O)[C@@]1(C)CCCN(C(=O)c2cccc3ccccc23)C1. The highest BCUT2D eigenvalue weighted by Gasteiger charge is 2.40. The second kappa shape index (κ2) is 7.09. The van der Waals surface area contributed by atoms with Crippen LogP contribution in [0.5, 0.6) is 0 Å². The van der Waals surface area contributed by atoms with E-state index in [9.17, 15) is 9.59 Å². The van der Waals surface area contributed by atoms with Crippen molar-refractivity contribution in [1.82, 2.24) is 4.90 Å². The number of piperidine rings is 1. The molecule has 2 aromatic rings. The Kier molecular flexibility index (Phi) is 4.88. The Bertz CT molecular complexity index is 808. The van der Waals surface area contributed by atoms with E-state index in [0.29, 0.717) is 18.7 Å². The summed E-state index contributed by atoms with van der Waals surface area (Å²) in [5, 5.41) is 1.98. The first-order valence-electron chi connectivity index (χ1n) is 8.60. The van der Waals surface area contributed by atoms with Crippen LogP contribution in [-0.4, -0.2) is 36.5 Å². The third kappa shape index (κ3) is 3.43.